The monoisotopic (exact) mass is 401 g/mol. The van der Waals surface area contributed by atoms with E-state index in [9.17, 15) is 4.39 Å². The average Bonchev–Trinajstić information content (AvgIpc) is 3.24. The standard InChI is InChI=1S/C11H14N2O.C8H8FN3O.C2H6/c1-7-5-9-6-13(3)12-10(9)8(2)11(7)14-4;1-12-3-4-2-5(10)8(13)6(9)7(4)11-12;1-2/h5-6H,1-4H3;2-3,13H,10H2,1H3;1-2H3. The molecule has 7 nitrogen and oxygen atoms in total. The lowest BCUT2D eigenvalue weighted by atomic mass is 10.1. The summed E-state index contributed by atoms with van der Waals surface area (Å²) >= 11 is 0. The zero-order valence-corrected chi connectivity index (χ0v) is 17.9. The van der Waals surface area contributed by atoms with Crippen LogP contribution in [0.1, 0.15) is 25.0 Å². The van der Waals surface area contributed by atoms with Gasteiger partial charge in [-0.2, -0.15) is 10.2 Å². The van der Waals surface area contributed by atoms with Crippen molar-refractivity contribution in [2.45, 2.75) is 27.7 Å². The Morgan fingerprint density at radius 2 is 1.52 bits per heavy atom. The molecular formula is C21H28FN5O2. The largest absolute Gasteiger partial charge is 0.503 e. The molecule has 0 bridgehead atoms. The Hall–Kier alpha value is -3.29. The number of aromatic hydroxyl groups is 1. The number of nitrogens with two attached hydrogens (primary N) is 1. The average molecular weight is 401 g/mol. The number of nitrogen functional groups attached to an aromatic ring is 1. The summed E-state index contributed by atoms with van der Waals surface area (Å²) in [7, 11) is 5.30. The molecule has 0 atom stereocenters. The molecule has 0 saturated heterocycles. The number of anilines is 1. The maximum absolute atomic E-state index is 13.3. The highest BCUT2D eigenvalue weighted by Gasteiger charge is 2.13. The third-order valence-electron chi connectivity index (χ3n) is 4.34. The van der Waals surface area contributed by atoms with E-state index in [1.807, 2.05) is 38.7 Å². The molecule has 0 aliphatic rings. The summed E-state index contributed by atoms with van der Waals surface area (Å²) in [5.74, 6) is -0.363. The number of fused-ring (bicyclic) bond motifs is 2. The van der Waals surface area contributed by atoms with Crippen molar-refractivity contribution in [2.75, 3.05) is 12.8 Å². The maximum Gasteiger partial charge on any atom is 0.195 e. The third kappa shape index (κ3) is 4.26. The lowest BCUT2D eigenvalue weighted by Crippen LogP contribution is -1.92. The van der Waals surface area contributed by atoms with Crippen molar-refractivity contribution in [1.82, 2.24) is 19.6 Å². The molecule has 156 valence electrons. The van der Waals surface area contributed by atoms with E-state index in [0.29, 0.717) is 5.39 Å². The van der Waals surface area contributed by atoms with Gasteiger partial charge in [0.15, 0.2) is 11.6 Å². The number of methoxy groups -OCH3 is 1. The van der Waals surface area contributed by atoms with Gasteiger partial charge >= 0.3 is 0 Å². The topological polar surface area (TPSA) is 91.1 Å². The molecule has 0 saturated carbocycles. The van der Waals surface area contributed by atoms with Crippen LogP contribution in [0.3, 0.4) is 0 Å². The van der Waals surface area contributed by atoms with Crippen molar-refractivity contribution in [3.05, 3.63) is 41.5 Å². The molecule has 4 aromatic rings. The number of aryl methyl sites for hydroxylation is 4. The van der Waals surface area contributed by atoms with Crippen LogP contribution in [0, 0.1) is 19.7 Å². The quantitative estimate of drug-likeness (QED) is 0.368. The third-order valence-corrected chi connectivity index (χ3v) is 4.34. The van der Waals surface area contributed by atoms with Gasteiger partial charge < -0.3 is 15.6 Å². The Morgan fingerprint density at radius 1 is 1.00 bits per heavy atom. The van der Waals surface area contributed by atoms with Gasteiger partial charge in [0, 0.05) is 42.8 Å². The van der Waals surface area contributed by atoms with Crippen molar-refractivity contribution in [1.29, 1.82) is 0 Å². The summed E-state index contributed by atoms with van der Waals surface area (Å²) < 4.78 is 21.9. The first-order chi connectivity index (χ1) is 13.7. The first-order valence-corrected chi connectivity index (χ1v) is 9.30. The molecule has 0 aliphatic carbocycles. The van der Waals surface area contributed by atoms with E-state index in [-0.39, 0.29) is 11.2 Å². The summed E-state index contributed by atoms with van der Waals surface area (Å²) in [6.45, 7) is 8.10. The maximum atomic E-state index is 13.3. The number of halogens is 1. The lowest BCUT2D eigenvalue weighted by molar-refractivity contribution is 0.409. The molecule has 0 radical (unpaired) electrons. The van der Waals surface area contributed by atoms with Crippen LogP contribution < -0.4 is 10.5 Å². The minimum absolute atomic E-state index is 0.0259. The van der Waals surface area contributed by atoms with Gasteiger partial charge in [-0.15, -0.1) is 0 Å². The summed E-state index contributed by atoms with van der Waals surface area (Å²) in [6.07, 6.45) is 3.66. The van der Waals surface area contributed by atoms with Gasteiger partial charge in [0.25, 0.3) is 0 Å². The Labute approximate surface area is 169 Å². The second kappa shape index (κ2) is 8.81. The summed E-state index contributed by atoms with van der Waals surface area (Å²) in [6, 6.07) is 3.59. The molecule has 0 aliphatic heterocycles. The number of hydrogen-bond donors (Lipinski definition) is 2. The zero-order valence-electron chi connectivity index (χ0n) is 17.9. The van der Waals surface area contributed by atoms with Crippen LogP contribution in [-0.4, -0.2) is 31.8 Å². The molecule has 2 aromatic heterocycles. The molecule has 4 rings (SSSR count). The normalized spacial score (nSPS) is 10.3. The van der Waals surface area contributed by atoms with E-state index in [2.05, 4.69) is 23.2 Å². The van der Waals surface area contributed by atoms with Crippen molar-refractivity contribution in [3.8, 4) is 11.5 Å². The Bertz CT molecular complexity index is 1150. The molecule has 0 unspecified atom stereocenters. The highest BCUT2D eigenvalue weighted by atomic mass is 19.1. The van der Waals surface area contributed by atoms with Crippen LogP contribution in [0.2, 0.25) is 0 Å². The van der Waals surface area contributed by atoms with E-state index < -0.39 is 11.6 Å². The predicted octanol–water partition coefficient (Wildman–Crippen LogP) is 4.23. The van der Waals surface area contributed by atoms with Gasteiger partial charge in [-0.05, 0) is 31.5 Å². The van der Waals surface area contributed by atoms with Gasteiger partial charge in [0.1, 0.15) is 11.3 Å². The van der Waals surface area contributed by atoms with Crippen LogP contribution in [0.5, 0.6) is 11.5 Å². The van der Waals surface area contributed by atoms with Crippen LogP contribution in [0.25, 0.3) is 21.8 Å². The molecule has 0 fully saturated rings. The van der Waals surface area contributed by atoms with Crippen molar-refractivity contribution in [3.63, 3.8) is 0 Å². The lowest BCUT2D eigenvalue weighted by Gasteiger charge is -2.07. The van der Waals surface area contributed by atoms with Gasteiger partial charge in [-0.3, -0.25) is 9.36 Å². The Balaban J connectivity index is 0.000000191. The number of aromatic nitrogens is 4. The second-order valence-corrected chi connectivity index (χ2v) is 6.46. The molecule has 2 aromatic carbocycles. The minimum Gasteiger partial charge on any atom is -0.503 e. The van der Waals surface area contributed by atoms with E-state index in [0.717, 1.165) is 22.4 Å². The zero-order chi connectivity index (χ0) is 21.9. The minimum atomic E-state index is -0.768. The summed E-state index contributed by atoms with van der Waals surface area (Å²) in [5, 5.41) is 19.2. The molecule has 29 heavy (non-hydrogen) atoms. The highest BCUT2D eigenvalue weighted by Crippen LogP contribution is 2.30. The number of hydrogen-bond acceptors (Lipinski definition) is 5. The van der Waals surface area contributed by atoms with Gasteiger partial charge in [-0.1, -0.05) is 13.8 Å². The van der Waals surface area contributed by atoms with E-state index in [1.165, 1.54) is 16.1 Å². The number of ether oxygens (including phenoxy) is 1. The van der Waals surface area contributed by atoms with Crippen molar-refractivity contribution >= 4 is 27.5 Å². The molecule has 0 amide bonds. The fourth-order valence-corrected chi connectivity index (χ4v) is 3.18. The van der Waals surface area contributed by atoms with Gasteiger partial charge in [0.05, 0.1) is 18.3 Å². The first-order valence-electron chi connectivity index (χ1n) is 9.30. The van der Waals surface area contributed by atoms with Crippen molar-refractivity contribution in [2.24, 2.45) is 14.1 Å². The van der Waals surface area contributed by atoms with Gasteiger partial charge in [-0.25, -0.2) is 4.39 Å². The van der Waals surface area contributed by atoms with E-state index in [4.69, 9.17) is 15.6 Å². The fraction of sp³-hybridized carbons (Fsp3) is 0.333. The first kappa shape index (κ1) is 22.0. The molecule has 3 N–H and O–H groups in total. The summed E-state index contributed by atoms with van der Waals surface area (Å²) in [5.41, 5.74) is 8.82. The van der Waals surface area contributed by atoms with Crippen LogP contribution in [-0.2, 0) is 14.1 Å². The highest BCUT2D eigenvalue weighted by molar-refractivity contribution is 5.85. The smallest absolute Gasteiger partial charge is 0.195 e. The number of benzene rings is 2. The molecule has 0 spiro atoms. The van der Waals surface area contributed by atoms with Gasteiger partial charge in [0.2, 0.25) is 0 Å². The van der Waals surface area contributed by atoms with Crippen LogP contribution in [0.4, 0.5) is 10.1 Å². The van der Waals surface area contributed by atoms with Crippen LogP contribution in [0.15, 0.2) is 24.5 Å². The number of rotatable bonds is 1. The predicted molar refractivity (Wildman–Crippen MR) is 115 cm³/mol. The Kier molecular flexibility index (Phi) is 6.68. The van der Waals surface area contributed by atoms with Crippen molar-refractivity contribution < 1.29 is 14.2 Å². The number of nitrogens with zero attached hydrogens (tertiary/aromatic N) is 4. The molecule has 2 heterocycles. The number of phenolic OH excluding ortho intramolecular Hbond substituents is 1. The van der Waals surface area contributed by atoms with Crippen LogP contribution >= 0.6 is 0 Å². The molecule has 8 heteroatoms. The second-order valence-electron chi connectivity index (χ2n) is 6.46. The SMILES string of the molecule is CC.COc1c(C)cc2cn(C)nc2c1C.Cn1cc2cc(N)c(O)c(F)c2n1. The van der Waals surface area contributed by atoms with E-state index in [1.54, 1.807) is 20.4 Å². The molecular weight excluding hydrogens is 373 g/mol. The van der Waals surface area contributed by atoms with E-state index >= 15 is 0 Å². The fourth-order valence-electron chi connectivity index (χ4n) is 3.18. The number of phenols is 1. The Morgan fingerprint density at radius 3 is 2.07 bits per heavy atom. The summed E-state index contributed by atoms with van der Waals surface area (Å²) in [4.78, 5) is 0.